The SMILES string of the molecule is COc1cc(-c2nc3ccc(C(=O)O)cc3[nH]2)ccc1OCCC(C)C. The fraction of sp³-hybridized carbons (Fsp3) is 0.300. The molecular weight excluding hydrogens is 332 g/mol. The van der Waals surface area contributed by atoms with Gasteiger partial charge in [0, 0.05) is 5.56 Å². The summed E-state index contributed by atoms with van der Waals surface area (Å²) in [5.74, 6) is 1.59. The normalized spacial score (nSPS) is 11.1. The van der Waals surface area contributed by atoms with E-state index in [0.29, 0.717) is 40.9 Å². The Kier molecular flexibility index (Phi) is 5.11. The molecule has 136 valence electrons. The molecule has 0 fully saturated rings. The highest BCUT2D eigenvalue weighted by atomic mass is 16.5. The van der Waals surface area contributed by atoms with Crippen molar-refractivity contribution in [2.75, 3.05) is 13.7 Å². The van der Waals surface area contributed by atoms with Crippen molar-refractivity contribution in [3.05, 3.63) is 42.0 Å². The Labute approximate surface area is 151 Å². The average molecular weight is 354 g/mol. The molecule has 0 aliphatic heterocycles. The van der Waals surface area contributed by atoms with Crippen LogP contribution in [0.2, 0.25) is 0 Å². The van der Waals surface area contributed by atoms with Gasteiger partial charge in [-0.25, -0.2) is 9.78 Å². The van der Waals surface area contributed by atoms with Gasteiger partial charge >= 0.3 is 5.97 Å². The molecule has 0 saturated carbocycles. The van der Waals surface area contributed by atoms with E-state index >= 15 is 0 Å². The van der Waals surface area contributed by atoms with Gasteiger partial charge in [-0.1, -0.05) is 13.8 Å². The van der Waals surface area contributed by atoms with Crippen molar-refractivity contribution in [3.8, 4) is 22.9 Å². The molecule has 0 spiro atoms. The van der Waals surface area contributed by atoms with Crippen molar-refractivity contribution in [2.24, 2.45) is 5.92 Å². The predicted molar refractivity (Wildman–Crippen MR) is 100.0 cm³/mol. The molecular formula is C20H22N2O4. The first-order valence-corrected chi connectivity index (χ1v) is 8.52. The third-order valence-electron chi connectivity index (χ3n) is 4.12. The Morgan fingerprint density at radius 3 is 2.69 bits per heavy atom. The minimum absolute atomic E-state index is 0.221. The standard InChI is InChI=1S/C20H22N2O4/c1-12(2)8-9-26-17-7-5-13(11-18(17)25-3)19-21-15-6-4-14(20(23)24)10-16(15)22-19/h4-7,10-12H,8-9H2,1-3H3,(H,21,22)(H,23,24). The molecule has 0 atom stereocenters. The van der Waals surface area contributed by atoms with E-state index in [1.165, 1.54) is 0 Å². The second-order valence-electron chi connectivity index (χ2n) is 6.52. The van der Waals surface area contributed by atoms with Crippen LogP contribution >= 0.6 is 0 Å². The van der Waals surface area contributed by atoms with E-state index in [0.717, 1.165) is 12.0 Å². The highest BCUT2D eigenvalue weighted by molar-refractivity contribution is 5.93. The number of aromatic carboxylic acids is 1. The second-order valence-corrected chi connectivity index (χ2v) is 6.52. The van der Waals surface area contributed by atoms with Crippen LogP contribution in [0.25, 0.3) is 22.4 Å². The lowest BCUT2D eigenvalue weighted by molar-refractivity contribution is 0.0697. The molecule has 2 N–H and O–H groups in total. The second kappa shape index (κ2) is 7.47. The summed E-state index contributed by atoms with van der Waals surface area (Å²) in [6, 6.07) is 10.4. The number of H-pyrrole nitrogens is 1. The van der Waals surface area contributed by atoms with Gasteiger partial charge < -0.3 is 19.6 Å². The number of carboxylic acids is 1. The van der Waals surface area contributed by atoms with Crippen molar-refractivity contribution >= 4 is 17.0 Å². The van der Waals surface area contributed by atoms with Crippen LogP contribution in [0, 0.1) is 5.92 Å². The monoisotopic (exact) mass is 354 g/mol. The minimum atomic E-state index is -0.965. The fourth-order valence-electron chi connectivity index (χ4n) is 2.62. The summed E-state index contributed by atoms with van der Waals surface area (Å²) in [6.07, 6.45) is 0.973. The first-order valence-electron chi connectivity index (χ1n) is 8.52. The van der Waals surface area contributed by atoms with Crippen LogP contribution in [-0.2, 0) is 0 Å². The maximum absolute atomic E-state index is 11.1. The van der Waals surface area contributed by atoms with Crippen molar-refractivity contribution in [2.45, 2.75) is 20.3 Å². The molecule has 0 aliphatic carbocycles. The highest BCUT2D eigenvalue weighted by Gasteiger charge is 2.12. The Bertz CT molecular complexity index is 931. The predicted octanol–water partition coefficient (Wildman–Crippen LogP) is 4.36. The lowest BCUT2D eigenvalue weighted by Gasteiger charge is -2.12. The number of benzene rings is 2. The van der Waals surface area contributed by atoms with E-state index < -0.39 is 5.97 Å². The van der Waals surface area contributed by atoms with Gasteiger partial charge in [-0.05, 0) is 48.7 Å². The van der Waals surface area contributed by atoms with E-state index in [1.54, 1.807) is 25.3 Å². The molecule has 2 aromatic carbocycles. The first-order chi connectivity index (χ1) is 12.5. The first kappa shape index (κ1) is 17.8. The molecule has 1 aromatic heterocycles. The van der Waals surface area contributed by atoms with Crippen molar-refractivity contribution in [1.82, 2.24) is 9.97 Å². The highest BCUT2D eigenvalue weighted by Crippen LogP contribution is 2.32. The molecule has 6 nitrogen and oxygen atoms in total. The molecule has 6 heteroatoms. The fourth-order valence-corrected chi connectivity index (χ4v) is 2.62. The van der Waals surface area contributed by atoms with Crippen molar-refractivity contribution in [1.29, 1.82) is 0 Å². The minimum Gasteiger partial charge on any atom is -0.493 e. The van der Waals surface area contributed by atoms with Gasteiger partial charge in [0.1, 0.15) is 5.82 Å². The molecule has 26 heavy (non-hydrogen) atoms. The Balaban J connectivity index is 1.89. The van der Waals surface area contributed by atoms with Crippen LogP contribution in [-0.4, -0.2) is 34.8 Å². The van der Waals surface area contributed by atoms with Gasteiger partial charge in [0.2, 0.25) is 0 Å². The molecule has 3 aromatic rings. The number of ether oxygens (including phenoxy) is 2. The average Bonchev–Trinajstić information content (AvgIpc) is 3.04. The topological polar surface area (TPSA) is 84.4 Å². The summed E-state index contributed by atoms with van der Waals surface area (Å²) >= 11 is 0. The maximum Gasteiger partial charge on any atom is 0.335 e. The number of carbonyl (C=O) groups is 1. The van der Waals surface area contributed by atoms with Gasteiger partial charge in [0.15, 0.2) is 11.5 Å². The maximum atomic E-state index is 11.1. The zero-order valence-electron chi connectivity index (χ0n) is 15.1. The van der Waals surface area contributed by atoms with Crippen LogP contribution in [0.1, 0.15) is 30.6 Å². The number of fused-ring (bicyclic) bond motifs is 1. The number of hydrogen-bond acceptors (Lipinski definition) is 4. The summed E-state index contributed by atoms with van der Waals surface area (Å²) in [4.78, 5) is 18.8. The van der Waals surface area contributed by atoms with E-state index in [-0.39, 0.29) is 5.56 Å². The number of hydrogen-bond donors (Lipinski definition) is 2. The van der Waals surface area contributed by atoms with E-state index in [2.05, 4.69) is 23.8 Å². The number of aromatic amines is 1. The molecule has 0 aliphatic rings. The summed E-state index contributed by atoms with van der Waals surface area (Å²) in [6.45, 7) is 4.94. The molecule has 0 unspecified atom stereocenters. The molecule has 0 saturated heterocycles. The van der Waals surface area contributed by atoms with E-state index in [1.807, 2.05) is 18.2 Å². The summed E-state index contributed by atoms with van der Waals surface area (Å²) in [5.41, 5.74) is 2.45. The Hall–Kier alpha value is -3.02. The number of nitrogens with zero attached hydrogens (tertiary/aromatic N) is 1. The quantitative estimate of drug-likeness (QED) is 0.658. The van der Waals surface area contributed by atoms with Gasteiger partial charge in [-0.3, -0.25) is 0 Å². The van der Waals surface area contributed by atoms with Crippen molar-refractivity contribution < 1.29 is 19.4 Å². The summed E-state index contributed by atoms with van der Waals surface area (Å²) in [5, 5.41) is 9.11. The zero-order valence-corrected chi connectivity index (χ0v) is 15.1. The van der Waals surface area contributed by atoms with Crippen LogP contribution in [0.4, 0.5) is 0 Å². The number of rotatable bonds is 7. The molecule has 0 bridgehead atoms. The van der Waals surface area contributed by atoms with Gasteiger partial charge in [-0.2, -0.15) is 0 Å². The number of nitrogens with one attached hydrogen (secondary N) is 1. The molecule has 3 rings (SSSR count). The summed E-state index contributed by atoms with van der Waals surface area (Å²) < 4.78 is 11.3. The summed E-state index contributed by atoms with van der Waals surface area (Å²) in [7, 11) is 1.60. The van der Waals surface area contributed by atoms with Gasteiger partial charge in [0.25, 0.3) is 0 Å². The Morgan fingerprint density at radius 1 is 1.19 bits per heavy atom. The smallest absolute Gasteiger partial charge is 0.335 e. The lowest BCUT2D eigenvalue weighted by atomic mass is 10.1. The number of imidazole rings is 1. The number of methoxy groups -OCH3 is 1. The Morgan fingerprint density at radius 2 is 2.00 bits per heavy atom. The van der Waals surface area contributed by atoms with E-state index in [4.69, 9.17) is 14.6 Å². The molecule has 0 radical (unpaired) electrons. The van der Waals surface area contributed by atoms with Crippen LogP contribution in [0.15, 0.2) is 36.4 Å². The molecule has 0 amide bonds. The van der Waals surface area contributed by atoms with Gasteiger partial charge in [0.05, 0.1) is 30.3 Å². The molecule has 1 heterocycles. The van der Waals surface area contributed by atoms with Crippen molar-refractivity contribution in [3.63, 3.8) is 0 Å². The van der Waals surface area contributed by atoms with Crippen LogP contribution in [0.5, 0.6) is 11.5 Å². The van der Waals surface area contributed by atoms with Crippen LogP contribution in [0.3, 0.4) is 0 Å². The number of carboxylic acid groups (broad SMARTS) is 1. The largest absolute Gasteiger partial charge is 0.493 e. The lowest BCUT2D eigenvalue weighted by Crippen LogP contribution is -2.02. The van der Waals surface area contributed by atoms with E-state index in [9.17, 15) is 4.79 Å². The zero-order chi connectivity index (χ0) is 18.7. The van der Waals surface area contributed by atoms with Crippen LogP contribution < -0.4 is 9.47 Å². The third-order valence-corrected chi connectivity index (χ3v) is 4.12. The number of aromatic nitrogens is 2. The third kappa shape index (κ3) is 3.79. The van der Waals surface area contributed by atoms with Gasteiger partial charge in [-0.15, -0.1) is 0 Å².